The van der Waals surface area contributed by atoms with Crippen molar-refractivity contribution < 1.29 is 14.6 Å². The zero-order chi connectivity index (χ0) is 18.1. The van der Waals surface area contributed by atoms with Crippen molar-refractivity contribution in [2.75, 3.05) is 0 Å². The largest absolute Gasteiger partial charge is 0.502 e. The smallest absolute Gasteiger partial charge is 0.227 e. The Morgan fingerprint density at radius 2 is 1.62 bits per heavy atom. The van der Waals surface area contributed by atoms with Gasteiger partial charge in [-0.3, -0.25) is 9.69 Å². The van der Waals surface area contributed by atoms with Gasteiger partial charge in [0.15, 0.2) is 5.76 Å². The number of hydrogen-bond acceptors (Lipinski definition) is 5. The summed E-state index contributed by atoms with van der Waals surface area (Å²) in [5, 5.41) is 19.8. The normalized spacial score (nSPS) is 15.0. The molecule has 4 rings (SSSR count). The Labute approximate surface area is 150 Å². The summed E-state index contributed by atoms with van der Waals surface area (Å²) in [6.07, 6.45) is 0. The molecule has 0 saturated carbocycles. The number of aromatic hydroxyl groups is 1. The number of aliphatic hydroxyl groups excluding tert-OH is 1. The van der Waals surface area contributed by atoms with Gasteiger partial charge in [0, 0.05) is 19.2 Å². The average Bonchev–Trinajstić information content (AvgIpc) is 3.09. The van der Waals surface area contributed by atoms with Crippen molar-refractivity contribution >= 4 is 0 Å². The van der Waals surface area contributed by atoms with Crippen LogP contribution in [0, 0.1) is 0 Å². The molecule has 2 heterocycles. The Kier molecular flexibility index (Phi) is 4.32. The second-order valence-corrected chi connectivity index (χ2v) is 6.43. The molecule has 132 valence electrons. The molecule has 2 N–H and O–H groups in total. The lowest BCUT2D eigenvalue weighted by molar-refractivity contribution is 0.180. The van der Waals surface area contributed by atoms with Crippen molar-refractivity contribution in [3.63, 3.8) is 0 Å². The highest BCUT2D eigenvalue weighted by Gasteiger charge is 2.32. The molecular formula is C21H19NO4. The molecule has 5 heteroatoms. The van der Waals surface area contributed by atoms with Gasteiger partial charge >= 0.3 is 0 Å². The van der Waals surface area contributed by atoms with Gasteiger partial charge in [-0.25, -0.2) is 0 Å². The first kappa shape index (κ1) is 16.6. The summed E-state index contributed by atoms with van der Waals surface area (Å²) in [5.74, 6) is -0.104. The maximum absolute atomic E-state index is 12.1. The molecule has 1 unspecified atom stereocenters. The van der Waals surface area contributed by atoms with Crippen LogP contribution in [-0.2, 0) is 19.7 Å². The minimum absolute atomic E-state index is 0.139. The maximum atomic E-state index is 12.1. The van der Waals surface area contributed by atoms with Crippen LogP contribution in [-0.4, -0.2) is 15.1 Å². The van der Waals surface area contributed by atoms with Gasteiger partial charge in [0.1, 0.15) is 12.4 Å². The Balaban J connectivity index is 1.84. The maximum Gasteiger partial charge on any atom is 0.227 e. The minimum Gasteiger partial charge on any atom is -0.502 e. The standard InChI is InChI=1S/C21H19NO4/c23-13-17-10-18(24)20(25)21(26-17)19(14-6-2-1-3-7-14)22-11-15-8-4-5-9-16(15)12-22/h1-10,19,23,25H,11-13H2. The van der Waals surface area contributed by atoms with Crippen LogP contribution in [0.1, 0.15) is 34.3 Å². The summed E-state index contributed by atoms with van der Waals surface area (Å²) in [6, 6.07) is 18.5. The lowest BCUT2D eigenvalue weighted by Gasteiger charge is -2.27. The summed E-state index contributed by atoms with van der Waals surface area (Å²) in [5.41, 5.74) is 2.80. The monoisotopic (exact) mass is 349 g/mol. The molecule has 0 spiro atoms. The molecule has 0 fully saturated rings. The first-order chi connectivity index (χ1) is 12.7. The summed E-state index contributed by atoms with van der Waals surface area (Å²) < 4.78 is 5.72. The van der Waals surface area contributed by atoms with Gasteiger partial charge in [-0.15, -0.1) is 0 Å². The zero-order valence-electron chi connectivity index (χ0n) is 14.1. The highest BCUT2D eigenvalue weighted by atomic mass is 16.4. The van der Waals surface area contributed by atoms with Gasteiger partial charge in [-0.05, 0) is 16.7 Å². The Morgan fingerprint density at radius 3 is 2.23 bits per heavy atom. The Hall–Kier alpha value is -2.89. The minimum atomic E-state index is -0.548. The molecule has 1 aliphatic rings. The van der Waals surface area contributed by atoms with Crippen molar-refractivity contribution in [1.29, 1.82) is 0 Å². The fraction of sp³-hybridized carbons (Fsp3) is 0.190. The number of hydrogen-bond donors (Lipinski definition) is 2. The third-order valence-electron chi connectivity index (χ3n) is 4.75. The van der Waals surface area contributed by atoms with E-state index in [2.05, 4.69) is 17.0 Å². The second-order valence-electron chi connectivity index (χ2n) is 6.43. The quantitative estimate of drug-likeness (QED) is 0.758. The number of fused-ring (bicyclic) bond motifs is 1. The molecule has 26 heavy (non-hydrogen) atoms. The zero-order valence-corrected chi connectivity index (χ0v) is 14.1. The Bertz CT molecular complexity index is 956. The van der Waals surface area contributed by atoms with Gasteiger partial charge in [0.25, 0.3) is 0 Å². The first-order valence-corrected chi connectivity index (χ1v) is 8.50. The van der Waals surface area contributed by atoms with Gasteiger partial charge in [-0.2, -0.15) is 0 Å². The average molecular weight is 349 g/mol. The van der Waals surface area contributed by atoms with Crippen LogP contribution in [0.4, 0.5) is 0 Å². The SMILES string of the molecule is O=c1cc(CO)oc(C(c2ccccc2)N2Cc3ccccc3C2)c1O. The van der Waals surface area contributed by atoms with Gasteiger partial charge < -0.3 is 14.6 Å². The van der Waals surface area contributed by atoms with E-state index in [1.807, 2.05) is 42.5 Å². The van der Waals surface area contributed by atoms with Crippen LogP contribution in [0.15, 0.2) is 69.9 Å². The van der Waals surface area contributed by atoms with E-state index < -0.39 is 23.8 Å². The number of aliphatic hydroxyl groups is 1. The molecule has 0 bridgehead atoms. The van der Waals surface area contributed by atoms with E-state index in [-0.39, 0.29) is 11.5 Å². The van der Waals surface area contributed by atoms with E-state index in [0.717, 1.165) is 11.6 Å². The van der Waals surface area contributed by atoms with Gasteiger partial charge in [0.05, 0.1) is 6.04 Å². The topological polar surface area (TPSA) is 73.9 Å². The Morgan fingerprint density at radius 1 is 1.00 bits per heavy atom. The molecule has 3 aromatic rings. The van der Waals surface area contributed by atoms with Crippen LogP contribution < -0.4 is 5.43 Å². The molecule has 0 aliphatic carbocycles. The van der Waals surface area contributed by atoms with Crippen molar-refractivity contribution in [2.45, 2.75) is 25.7 Å². The molecule has 2 aromatic carbocycles. The fourth-order valence-corrected chi connectivity index (χ4v) is 3.52. The molecule has 1 atom stereocenters. The van der Waals surface area contributed by atoms with E-state index in [1.165, 1.54) is 11.1 Å². The van der Waals surface area contributed by atoms with Gasteiger partial charge in [0.2, 0.25) is 11.2 Å². The molecule has 1 aliphatic heterocycles. The summed E-state index contributed by atoms with van der Waals surface area (Å²) in [6.45, 7) is 0.967. The van der Waals surface area contributed by atoms with E-state index in [0.29, 0.717) is 13.1 Å². The number of rotatable bonds is 4. The van der Waals surface area contributed by atoms with Crippen LogP contribution in [0.25, 0.3) is 0 Å². The predicted octanol–water partition coefficient (Wildman–Crippen LogP) is 2.94. The fourth-order valence-electron chi connectivity index (χ4n) is 3.52. The predicted molar refractivity (Wildman–Crippen MR) is 96.5 cm³/mol. The van der Waals surface area contributed by atoms with Crippen LogP contribution in [0.2, 0.25) is 0 Å². The summed E-state index contributed by atoms with van der Waals surface area (Å²) in [7, 11) is 0. The highest BCUT2D eigenvalue weighted by molar-refractivity contribution is 5.38. The molecular weight excluding hydrogens is 330 g/mol. The highest BCUT2D eigenvalue weighted by Crippen LogP contribution is 2.38. The van der Waals surface area contributed by atoms with Crippen molar-refractivity contribution in [2.24, 2.45) is 0 Å². The molecule has 5 nitrogen and oxygen atoms in total. The third-order valence-corrected chi connectivity index (χ3v) is 4.75. The second kappa shape index (κ2) is 6.78. The molecule has 0 amide bonds. The van der Waals surface area contributed by atoms with E-state index >= 15 is 0 Å². The lowest BCUT2D eigenvalue weighted by atomic mass is 10.0. The van der Waals surface area contributed by atoms with Crippen LogP contribution in [0.3, 0.4) is 0 Å². The number of nitrogens with zero attached hydrogens (tertiary/aromatic N) is 1. The summed E-state index contributed by atoms with van der Waals surface area (Å²) >= 11 is 0. The van der Waals surface area contributed by atoms with Crippen molar-refractivity contribution in [3.05, 3.63) is 99.1 Å². The molecule has 1 aromatic heterocycles. The molecule has 0 saturated heterocycles. The van der Waals surface area contributed by atoms with E-state index in [9.17, 15) is 15.0 Å². The van der Waals surface area contributed by atoms with Crippen LogP contribution in [0.5, 0.6) is 5.75 Å². The molecule has 0 radical (unpaired) electrons. The van der Waals surface area contributed by atoms with E-state index in [4.69, 9.17) is 4.42 Å². The first-order valence-electron chi connectivity index (χ1n) is 8.50. The van der Waals surface area contributed by atoms with Crippen molar-refractivity contribution in [1.82, 2.24) is 4.90 Å². The third kappa shape index (κ3) is 2.92. The van der Waals surface area contributed by atoms with Gasteiger partial charge in [-0.1, -0.05) is 54.6 Å². The van der Waals surface area contributed by atoms with Crippen LogP contribution >= 0.6 is 0 Å². The number of benzene rings is 2. The van der Waals surface area contributed by atoms with E-state index in [1.54, 1.807) is 0 Å². The van der Waals surface area contributed by atoms with Crippen molar-refractivity contribution in [3.8, 4) is 5.75 Å². The lowest BCUT2D eigenvalue weighted by Crippen LogP contribution is -2.25. The summed E-state index contributed by atoms with van der Waals surface area (Å²) in [4.78, 5) is 14.3.